The van der Waals surface area contributed by atoms with Crippen molar-refractivity contribution < 1.29 is 18.3 Å². The number of hydrogen-bond donors (Lipinski definition) is 1. The number of carbonyl (C=O) groups is 1. The average Bonchev–Trinajstić information content (AvgIpc) is 2.33. The first kappa shape index (κ1) is 17.4. The van der Waals surface area contributed by atoms with Crippen molar-refractivity contribution in [2.75, 3.05) is 12.8 Å². The molecule has 0 aliphatic heterocycles. The van der Waals surface area contributed by atoms with Gasteiger partial charge in [0.15, 0.2) is 0 Å². The molecule has 0 aromatic rings. The summed E-state index contributed by atoms with van der Waals surface area (Å²) >= 11 is 0. The summed E-state index contributed by atoms with van der Waals surface area (Å²) < 4.78 is 23.5. The largest absolute Gasteiger partial charge is 0.481 e. The van der Waals surface area contributed by atoms with E-state index in [4.69, 9.17) is 5.11 Å². The summed E-state index contributed by atoms with van der Waals surface area (Å²) in [6.45, 7) is 4.90. The SMILES string of the molecule is CC(C)N(CCCC(=O)O)C1CCCC(S(C)(=O)=O)C1. The summed E-state index contributed by atoms with van der Waals surface area (Å²) in [6, 6.07) is 0.573. The second kappa shape index (κ2) is 7.41. The van der Waals surface area contributed by atoms with Crippen LogP contribution in [0.25, 0.3) is 0 Å². The van der Waals surface area contributed by atoms with Crippen molar-refractivity contribution >= 4 is 15.8 Å². The van der Waals surface area contributed by atoms with Crippen LogP contribution < -0.4 is 0 Å². The van der Waals surface area contributed by atoms with Gasteiger partial charge in [-0.15, -0.1) is 0 Å². The normalized spacial score (nSPS) is 24.2. The lowest BCUT2D eigenvalue weighted by Crippen LogP contribution is -2.45. The zero-order chi connectivity index (χ0) is 15.3. The van der Waals surface area contributed by atoms with Crippen LogP contribution in [-0.4, -0.2) is 54.5 Å². The fourth-order valence-corrected chi connectivity index (χ4v) is 4.25. The van der Waals surface area contributed by atoms with E-state index in [0.29, 0.717) is 18.9 Å². The summed E-state index contributed by atoms with van der Waals surface area (Å²) in [5, 5.41) is 8.49. The molecule has 1 N–H and O–H groups in total. The van der Waals surface area contributed by atoms with E-state index in [1.54, 1.807) is 0 Å². The molecule has 6 heteroatoms. The number of carboxylic acid groups (broad SMARTS) is 1. The van der Waals surface area contributed by atoms with Gasteiger partial charge in [0, 0.05) is 24.8 Å². The molecule has 1 saturated carbocycles. The van der Waals surface area contributed by atoms with Crippen LogP contribution in [0.15, 0.2) is 0 Å². The minimum absolute atomic E-state index is 0.172. The molecule has 0 aromatic heterocycles. The molecule has 0 bridgehead atoms. The molecule has 1 aliphatic rings. The van der Waals surface area contributed by atoms with Gasteiger partial charge >= 0.3 is 5.97 Å². The maximum atomic E-state index is 11.7. The lowest BCUT2D eigenvalue weighted by molar-refractivity contribution is -0.137. The van der Waals surface area contributed by atoms with Crippen LogP contribution in [0.3, 0.4) is 0 Å². The van der Waals surface area contributed by atoms with Crippen LogP contribution >= 0.6 is 0 Å². The summed E-state index contributed by atoms with van der Waals surface area (Å²) in [4.78, 5) is 12.9. The van der Waals surface area contributed by atoms with Gasteiger partial charge in [-0.3, -0.25) is 9.69 Å². The molecule has 20 heavy (non-hydrogen) atoms. The van der Waals surface area contributed by atoms with Crippen molar-refractivity contribution in [1.82, 2.24) is 4.90 Å². The van der Waals surface area contributed by atoms with Crippen molar-refractivity contribution in [3.63, 3.8) is 0 Å². The van der Waals surface area contributed by atoms with Crippen molar-refractivity contribution in [1.29, 1.82) is 0 Å². The molecule has 1 rings (SSSR count). The van der Waals surface area contributed by atoms with Gasteiger partial charge in [-0.25, -0.2) is 8.42 Å². The monoisotopic (exact) mass is 305 g/mol. The molecule has 0 amide bonds. The van der Waals surface area contributed by atoms with Gasteiger partial charge in [-0.1, -0.05) is 6.42 Å². The lowest BCUT2D eigenvalue weighted by atomic mass is 9.92. The van der Waals surface area contributed by atoms with Gasteiger partial charge in [0.25, 0.3) is 0 Å². The highest BCUT2D eigenvalue weighted by Gasteiger charge is 2.32. The Morgan fingerprint density at radius 2 is 2.00 bits per heavy atom. The van der Waals surface area contributed by atoms with Gasteiger partial charge < -0.3 is 5.11 Å². The fourth-order valence-electron chi connectivity index (χ4n) is 3.09. The third kappa shape index (κ3) is 5.40. The minimum Gasteiger partial charge on any atom is -0.481 e. The lowest BCUT2D eigenvalue weighted by Gasteiger charge is -2.39. The van der Waals surface area contributed by atoms with Crippen molar-refractivity contribution in [2.24, 2.45) is 0 Å². The van der Waals surface area contributed by atoms with E-state index < -0.39 is 15.8 Å². The quantitative estimate of drug-likeness (QED) is 0.778. The molecule has 118 valence electrons. The molecule has 2 unspecified atom stereocenters. The Morgan fingerprint density at radius 1 is 1.35 bits per heavy atom. The molecular weight excluding hydrogens is 278 g/mol. The van der Waals surface area contributed by atoms with Crippen LogP contribution in [0.1, 0.15) is 52.4 Å². The second-order valence-corrected chi connectivity index (χ2v) is 8.43. The van der Waals surface area contributed by atoms with Crippen molar-refractivity contribution in [3.8, 4) is 0 Å². The van der Waals surface area contributed by atoms with Gasteiger partial charge in [-0.05, 0) is 46.1 Å². The summed E-state index contributed by atoms with van der Waals surface area (Å²) in [6.07, 6.45) is 5.51. The standard InChI is InChI=1S/C14H27NO4S/c1-11(2)15(9-5-8-14(16)17)12-6-4-7-13(10-12)20(3,18)19/h11-13H,4-10H2,1-3H3,(H,16,17). The Morgan fingerprint density at radius 3 is 2.50 bits per heavy atom. The summed E-state index contributed by atoms with van der Waals surface area (Å²) in [5.41, 5.74) is 0. The fraction of sp³-hybridized carbons (Fsp3) is 0.929. The van der Waals surface area contributed by atoms with Crippen LogP contribution in [0, 0.1) is 0 Å². The molecule has 1 aliphatic carbocycles. The van der Waals surface area contributed by atoms with E-state index in [1.165, 1.54) is 6.26 Å². The highest BCUT2D eigenvalue weighted by atomic mass is 32.2. The predicted octanol–water partition coefficient (Wildman–Crippen LogP) is 1.92. The highest BCUT2D eigenvalue weighted by Crippen LogP contribution is 2.28. The van der Waals surface area contributed by atoms with Crippen LogP contribution in [0.5, 0.6) is 0 Å². The maximum Gasteiger partial charge on any atom is 0.303 e. The zero-order valence-electron chi connectivity index (χ0n) is 12.7. The smallest absolute Gasteiger partial charge is 0.303 e. The molecule has 0 aromatic carbocycles. The highest BCUT2D eigenvalue weighted by molar-refractivity contribution is 7.91. The van der Waals surface area contributed by atoms with E-state index in [9.17, 15) is 13.2 Å². The maximum absolute atomic E-state index is 11.7. The van der Waals surface area contributed by atoms with E-state index in [-0.39, 0.29) is 17.7 Å². The van der Waals surface area contributed by atoms with Crippen molar-refractivity contribution in [2.45, 2.75) is 69.7 Å². The number of carboxylic acids is 1. The third-order valence-electron chi connectivity index (χ3n) is 4.14. The van der Waals surface area contributed by atoms with Crippen LogP contribution in [-0.2, 0) is 14.6 Å². The number of hydrogen-bond acceptors (Lipinski definition) is 4. The number of aliphatic carboxylic acids is 1. The molecular formula is C14H27NO4S. The third-order valence-corrected chi connectivity index (χ3v) is 5.78. The van der Waals surface area contributed by atoms with Crippen LogP contribution in [0.4, 0.5) is 0 Å². The van der Waals surface area contributed by atoms with E-state index in [2.05, 4.69) is 18.7 Å². The second-order valence-electron chi connectivity index (χ2n) is 6.10. The minimum atomic E-state index is -2.97. The Kier molecular flexibility index (Phi) is 6.45. The van der Waals surface area contributed by atoms with Gasteiger partial charge in [0.1, 0.15) is 9.84 Å². The molecule has 2 atom stereocenters. The Balaban J connectivity index is 2.64. The van der Waals surface area contributed by atoms with E-state index in [0.717, 1.165) is 25.8 Å². The average molecular weight is 305 g/mol. The number of rotatable bonds is 7. The predicted molar refractivity (Wildman–Crippen MR) is 79.6 cm³/mol. The molecule has 1 fully saturated rings. The molecule has 0 saturated heterocycles. The van der Waals surface area contributed by atoms with Gasteiger partial charge in [0.05, 0.1) is 5.25 Å². The summed E-state index contributed by atoms with van der Waals surface area (Å²) in [5.74, 6) is -0.772. The Bertz CT molecular complexity index is 419. The Labute approximate surface area is 122 Å². The van der Waals surface area contributed by atoms with Gasteiger partial charge in [-0.2, -0.15) is 0 Å². The topological polar surface area (TPSA) is 74.7 Å². The summed E-state index contributed by atoms with van der Waals surface area (Å²) in [7, 11) is -2.97. The molecule has 0 spiro atoms. The van der Waals surface area contributed by atoms with Gasteiger partial charge in [0.2, 0.25) is 0 Å². The molecule has 0 heterocycles. The first-order valence-corrected chi connectivity index (χ1v) is 9.33. The Hall–Kier alpha value is -0.620. The molecule has 0 radical (unpaired) electrons. The van der Waals surface area contributed by atoms with Crippen LogP contribution in [0.2, 0.25) is 0 Å². The van der Waals surface area contributed by atoms with Crippen molar-refractivity contribution in [3.05, 3.63) is 0 Å². The van der Waals surface area contributed by atoms with E-state index >= 15 is 0 Å². The number of nitrogens with zero attached hydrogens (tertiary/aromatic N) is 1. The van der Waals surface area contributed by atoms with E-state index in [1.807, 2.05) is 0 Å². The first-order valence-electron chi connectivity index (χ1n) is 7.38. The first-order chi connectivity index (χ1) is 9.21. The molecule has 5 nitrogen and oxygen atoms in total. The number of sulfone groups is 1. The zero-order valence-corrected chi connectivity index (χ0v) is 13.5.